The third-order valence-corrected chi connectivity index (χ3v) is 3.47. The summed E-state index contributed by atoms with van der Waals surface area (Å²) >= 11 is 7.16. The fourth-order valence-electron chi connectivity index (χ4n) is 1.74. The number of benzene rings is 1. The van der Waals surface area contributed by atoms with Crippen LogP contribution in [0.5, 0.6) is 0 Å². The molecule has 0 saturated carbocycles. The van der Waals surface area contributed by atoms with E-state index in [4.69, 9.17) is 17.3 Å². The minimum absolute atomic E-state index is 0.0431. The van der Waals surface area contributed by atoms with Crippen LogP contribution in [0.1, 0.15) is 0 Å². The van der Waals surface area contributed by atoms with E-state index in [-0.39, 0.29) is 12.5 Å². The van der Waals surface area contributed by atoms with Crippen molar-refractivity contribution in [2.24, 2.45) is 0 Å². The van der Waals surface area contributed by atoms with Gasteiger partial charge < -0.3 is 11.1 Å². The van der Waals surface area contributed by atoms with Crippen molar-refractivity contribution in [2.45, 2.75) is 6.54 Å². The smallest absolute Gasteiger partial charge is 0.246 e. The maximum atomic E-state index is 12.0. The molecule has 9 heteroatoms. The zero-order valence-electron chi connectivity index (χ0n) is 10.1. The number of hydrogen-bond donors (Lipinski definition) is 2. The van der Waals surface area contributed by atoms with E-state index >= 15 is 0 Å². The lowest BCUT2D eigenvalue weighted by Crippen LogP contribution is -2.19. The van der Waals surface area contributed by atoms with Crippen LogP contribution in [0.25, 0.3) is 11.0 Å². The van der Waals surface area contributed by atoms with Crippen LogP contribution in [0.3, 0.4) is 0 Å². The number of halogens is 1. The van der Waals surface area contributed by atoms with Crippen molar-refractivity contribution >= 4 is 51.8 Å². The molecule has 0 aliphatic heterocycles. The van der Waals surface area contributed by atoms with Gasteiger partial charge >= 0.3 is 0 Å². The number of aromatic nitrogens is 4. The Bertz CT molecular complexity index is 782. The van der Waals surface area contributed by atoms with Crippen LogP contribution >= 0.6 is 23.3 Å². The summed E-state index contributed by atoms with van der Waals surface area (Å²) in [6, 6.07) is 5.04. The van der Waals surface area contributed by atoms with E-state index in [9.17, 15) is 4.79 Å². The Kier molecular flexibility index (Phi) is 3.25. The number of hydrogen-bond acceptors (Lipinski definition) is 6. The van der Waals surface area contributed by atoms with Crippen molar-refractivity contribution in [3.63, 3.8) is 0 Å². The van der Waals surface area contributed by atoms with Crippen molar-refractivity contribution in [1.29, 1.82) is 0 Å². The van der Waals surface area contributed by atoms with Gasteiger partial charge in [0.2, 0.25) is 5.91 Å². The molecule has 1 amide bonds. The molecule has 3 N–H and O–H groups in total. The van der Waals surface area contributed by atoms with Crippen molar-refractivity contribution in [1.82, 2.24) is 18.5 Å². The van der Waals surface area contributed by atoms with Gasteiger partial charge in [0.1, 0.15) is 23.4 Å². The summed E-state index contributed by atoms with van der Waals surface area (Å²) in [7, 11) is 0. The maximum Gasteiger partial charge on any atom is 0.246 e. The Morgan fingerprint density at radius 2 is 2.25 bits per heavy atom. The number of nitrogens with two attached hydrogens (primary N) is 1. The Hall–Kier alpha value is -2.19. The molecule has 0 unspecified atom stereocenters. The third-order valence-electron chi connectivity index (χ3n) is 2.61. The highest BCUT2D eigenvalue weighted by molar-refractivity contribution is 7.00. The van der Waals surface area contributed by atoms with Crippen LogP contribution in [0, 0.1) is 0 Å². The summed E-state index contributed by atoms with van der Waals surface area (Å²) in [6.45, 7) is 0.0431. The molecule has 0 bridgehead atoms. The first-order chi connectivity index (χ1) is 9.63. The Labute approximate surface area is 122 Å². The fraction of sp³-hybridized carbons (Fsp3) is 0.0909. The summed E-state index contributed by atoms with van der Waals surface area (Å²) < 4.78 is 9.68. The molecule has 3 rings (SSSR count). The number of amides is 1. The zero-order chi connectivity index (χ0) is 14.1. The largest absolute Gasteiger partial charge is 0.382 e. The van der Waals surface area contributed by atoms with Gasteiger partial charge in [0.05, 0.1) is 22.4 Å². The SMILES string of the molecule is Nc1ccn(CC(=O)Nc2c(Cl)ccc3nsnc23)n1. The van der Waals surface area contributed by atoms with E-state index in [0.717, 1.165) is 11.7 Å². The van der Waals surface area contributed by atoms with E-state index in [1.807, 2.05) is 0 Å². The van der Waals surface area contributed by atoms with Crippen LogP contribution in [-0.2, 0) is 11.3 Å². The fourth-order valence-corrected chi connectivity index (χ4v) is 2.48. The molecule has 2 aromatic heterocycles. The van der Waals surface area contributed by atoms with E-state index in [2.05, 4.69) is 19.2 Å². The molecule has 0 atom stereocenters. The summed E-state index contributed by atoms with van der Waals surface area (Å²) in [5, 5.41) is 7.09. The highest BCUT2D eigenvalue weighted by Gasteiger charge is 2.13. The number of carbonyl (C=O) groups is 1. The number of carbonyl (C=O) groups excluding carboxylic acids is 1. The highest BCUT2D eigenvalue weighted by atomic mass is 35.5. The topological polar surface area (TPSA) is 98.7 Å². The molecule has 7 nitrogen and oxygen atoms in total. The molecule has 2 heterocycles. The quantitative estimate of drug-likeness (QED) is 0.768. The minimum Gasteiger partial charge on any atom is -0.382 e. The number of anilines is 2. The van der Waals surface area contributed by atoms with E-state index in [1.165, 1.54) is 4.68 Å². The number of nitrogens with one attached hydrogen (secondary N) is 1. The molecule has 0 aliphatic rings. The second kappa shape index (κ2) is 5.06. The van der Waals surface area contributed by atoms with Crippen molar-refractivity contribution in [3.8, 4) is 0 Å². The lowest BCUT2D eigenvalue weighted by Gasteiger charge is -2.07. The van der Waals surface area contributed by atoms with Crippen molar-refractivity contribution in [2.75, 3.05) is 11.1 Å². The zero-order valence-corrected chi connectivity index (χ0v) is 11.6. The lowest BCUT2D eigenvalue weighted by atomic mass is 10.2. The number of rotatable bonds is 3. The average Bonchev–Trinajstić information content (AvgIpc) is 3.02. The van der Waals surface area contributed by atoms with Crippen molar-refractivity contribution < 1.29 is 4.79 Å². The molecule has 20 heavy (non-hydrogen) atoms. The number of nitrogen functional groups attached to an aromatic ring is 1. The third kappa shape index (κ3) is 2.43. The van der Waals surface area contributed by atoms with Crippen LogP contribution in [0.4, 0.5) is 11.5 Å². The normalized spacial score (nSPS) is 10.8. The van der Waals surface area contributed by atoms with Gasteiger partial charge in [-0.15, -0.1) is 0 Å². The van der Waals surface area contributed by atoms with E-state index in [1.54, 1.807) is 24.4 Å². The highest BCUT2D eigenvalue weighted by Crippen LogP contribution is 2.29. The molecule has 3 aromatic rings. The van der Waals surface area contributed by atoms with Gasteiger partial charge in [0, 0.05) is 6.20 Å². The monoisotopic (exact) mass is 308 g/mol. The predicted octanol–water partition coefficient (Wildman–Crippen LogP) is 1.76. The summed E-state index contributed by atoms with van der Waals surface area (Å²) in [6.07, 6.45) is 1.63. The van der Waals surface area contributed by atoms with Gasteiger partial charge in [-0.2, -0.15) is 13.8 Å². The van der Waals surface area contributed by atoms with E-state index < -0.39 is 0 Å². The van der Waals surface area contributed by atoms with Crippen molar-refractivity contribution in [3.05, 3.63) is 29.4 Å². The number of nitrogens with zero attached hydrogens (tertiary/aromatic N) is 4. The van der Waals surface area contributed by atoms with Gasteiger partial charge in [-0.3, -0.25) is 9.48 Å². The molecule has 0 spiro atoms. The molecule has 102 valence electrons. The first-order valence-corrected chi connectivity index (χ1v) is 6.74. The lowest BCUT2D eigenvalue weighted by molar-refractivity contribution is -0.116. The van der Waals surface area contributed by atoms with Crippen LogP contribution in [-0.4, -0.2) is 24.4 Å². The van der Waals surface area contributed by atoms with Gasteiger partial charge in [0.15, 0.2) is 0 Å². The van der Waals surface area contributed by atoms with E-state index in [0.29, 0.717) is 27.6 Å². The minimum atomic E-state index is -0.268. The van der Waals surface area contributed by atoms with Gasteiger partial charge in [-0.25, -0.2) is 0 Å². The maximum absolute atomic E-state index is 12.0. The molecule has 0 radical (unpaired) electrons. The number of fused-ring (bicyclic) bond motifs is 1. The second-order valence-electron chi connectivity index (χ2n) is 4.04. The summed E-state index contributed by atoms with van der Waals surface area (Å²) in [5.74, 6) is 0.0946. The predicted molar refractivity (Wildman–Crippen MR) is 77.7 cm³/mol. The molecule has 0 aliphatic carbocycles. The Morgan fingerprint density at radius 3 is 3.00 bits per heavy atom. The molecule has 0 saturated heterocycles. The first kappa shape index (κ1) is 12.8. The molecular formula is C11H9ClN6OS. The average molecular weight is 309 g/mol. The summed E-state index contributed by atoms with van der Waals surface area (Å²) in [4.78, 5) is 12.0. The van der Waals surface area contributed by atoms with Crippen LogP contribution in [0.15, 0.2) is 24.4 Å². The Balaban J connectivity index is 1.83. The van der Waals surface area contributed by atoms with Gasteiger partial charge in [-0.1, -0.05) is 11.6 Å². The second-order valence-corrected chi connectivity index (χ2v) is 4.98. The summed E-state index contributed by atoms with van der Waals surface area (Å²) in [5.41, 5.74) is 7.22. The first-order valence-electron chi connectivity index (χ1n) is 5.63. The standard InChI is InChI=1S/C11H9ClN6OS/c12-6-1-2-7-11(17-20-16-7)10(6)14-9(19)5-18-4-3-8(13)15-18/h1-4H,5H2,(H2,13,15)(H,14,19). The van der Waals surface area contributed by atoms with Gasteiger partial charge in [0.25, 0.3) is 0 Å². The van der Waals surface area contributed by atoms with Gasteiger partial charge in [-0.05, 0) is 18.2 Å². The molecule has 1 aromatic carbocycles. The van der Waals surface area contributed by atoms with Crippen LogP contribution in [0.2, 0.25) is 5.02 Å². The van der Waals surface area contributed by atoms with Crippen LogP contribution < -0.4 is 11.1 Å². The molecule has 0 fully saturated rings. The Morgan fingerprint density at radius 1 is 1.40 bits per heavy atom. The molecular weight excluding hydrogens is 300 g/mol.